The average molecular weight is 462 g/mol. The van der Waals surface area contributed by atoms with Crippen molar-refractivity contribution in [3.63, 3.8) is 0 Å². The Morgan fingerprint density at radius 3 is 0.708 bits per heavy atom. The molecule has 0 atom stereocenters. The zero-order valence-corrected chi connectivity index (χ0v) is 14.4. The SMILES string of the molecule is FP(F)(F)(F)F.FP(F)(F)(F)F.O=S(=O)(O)C(F)S(=O)(=O)O.[H-].[H-].[Li+].[Li+]. The van der Waals surface area contributed by atoms with Gasteiger partial charge in [0.25, 0.3) is 0 Å². The first-order chi connectivity index (χ1) is 8.63. The zero-order chi connectivity index (χ0) is 19.5. The van der Waals surface area contributed by atoms with E-state index in [1.165, 1.54) is 0 Å². The van der Waals surface area contributed by atoms with Crippen molar-refractivity contribution in [3.8, 4) is 0 Å². The van der Waals surface area contributed by atoms with Crippen molar-refractivity contribution in [3.05, 3.63) is 0 Å². The van der Waals surface area contributed by atoms with E-state index in [1.54, 1.807) is 0 Å². The third kappa shape index (κ3) is 65.7. The fraction of sp³-hybridized carbons (Fsp3) is 1.00. The molecule has 0 fully saturated rings. The molecule has 0 aromatic carbocycles. The van der Waals surface area contributed by atoms with Crippen LogP contribution >= 0.6 is 16.3 Å². The molecule has 23 heteroatoms. The molecular weight excluding hydrogens is 457 g/mol. The molecule has 6 nitrogen and oxygen atoms in total. The van der Waals surface area contributed by atoms with Crippen LogP contribution in [-0.4, -0.2) is 30.8 Å². The van der Waals surface area contributed by atoms with Crippen LogP contribution < -0.4 is 37.7 Å². The van der Waals surface area contributed by atoms with E-state index < -0.39 is 41.4 Å². The van der Waals surface area contributed by atoms with Gasteiger partial charge in [0.15, 0.2) is 0 Å². The fourth-order valence-corrected chi connectivity index (χ4v) is 1.38. The Balaban J connectivity index is -0.0000000404. The first kappa shape index (κ1) is 36.1. The van der Waals surface area contributed by atoms with Gasteiger partial charge in [-0.1, -0.05) is 0 Å². The average Bonchev–Trinajstić information content (AvgIpc) is 1.88. The van der Waals surface area contributed by atoms with Gasteiger partial charge >= 0.3 is 121 Å². The number of alkyl halides is 1. The number of halogens is 11. The smallest absolute Gasteiger partial charge is 1.00 e. The maximum Gasteiger partial charge on any atom is 1.00 e. The first-order valence-corrected chi connectivity index (χ1v) is 9.80. The van der Waals surface area contributed by atoms with Crippen LogP contribution in [0.4, 0.5) is 46.4 Å². The number of hydrogen-bond acceptors (Lipinski definition) is 4. The topological polar surface area (TPSA) is 109 Å². The quantitative estimate of drug-likeness (QED) is 0.240. The van der Waals surface area contributed by atoms with Gasteiger partial charge in [0.2, 0.25) is 0 Å². The fourth-order valence-electron chi connectivity index (χ4n) is 0.154. The van der Waals surface area contributed by atoms with Gasteiger partial charge in [-0.15, -0.1) is 0 Å². The van der Waals surface area contributed by atoms with Crippen LogP contribution in [0.3, 0.4) is 0 Å². The van der Waals surface area contributed by atoms with E-state index in [-0.39, 0.29) is 40.6 Å². The molecule has 0 saturated carbocycles. The van der Waals surface area contributed by atoms with Gasteiger partial charge in [-0.05, 0) is 0 Å². The monoisotopic (exact) mass is 462 g/mol. The molecule has 0 rings (SSSR count). The third-order valence-corrected chi connectivity index (χ3v) is 2.86. The molecule has 0 saturated heterocycles. The minimum absolute atomic E-state index is 0. The zero-order valence-electron chi connectivity index (χ0n) is 13.0. The summed E-state index contributed by atoms with van der Waals surface area (Å²) in [7, 11) is -27.8. The number of rotatable bonds is 2. The second-order valence-electron chi connectivity index (χ2n) is 2.58. The van der Waals surface area contributed by atoms with Crippen LogP contribution in [0.5, 0.6) is 0 Å². The third-order valence-electron chi connectivity index (χ3n) is 0.468. The van der Waals surface area contributed by atoms with Crippen LogP contribution in [0, 0.1) is 0 Å². The summed E-state index contributed by atoms with van der Waals surface area (Å²) in [6.45, 7) is 0. The van der Waals surface area contributed by atoms with Crippen LogP contribution in [-0.2, 0) is 20.2 Å². The maximum absolute atomic E-state index is 11.7. The van der Waals surface area contributed by atoms with E-state index in [9.17, 15) is 63.2 Å². The Morgan fingerprint density at radius 2 is 0.708 bits per heavy atom. The van der Waals surface area contributed by atoms with Crippen molar-refractivity contribution in [1.82, 2.24) is 0 Å². The minimum atomic E-state index is -8.55. The molecule has 0 aromatic heterocycles. The summed E-state index contributed by atoms with van der Waals surface area (Å²) in [6.07, 6.45) is 0. The predicted octanol–water partition coefficient (Wildman–Crippen LogP) is -0.827. The van der Waals surface area contributed by atoms with Gasteiger partial charge in [0, 0.05) is 0 Å². The Hall–Kier alpha value is 1.10. The summed E-state index contributed by atoms with van der Waals surface area (Å²) >= 11 is 0. The Kier molecular flexibility index (Phi) is 14.8. The molecule has 0 radical (unpaired) electrons. The van der Waals surface area contributed by atoms with Crippen molar-refractivity contribution in [2.75, 3.05) is 0 Å². The summed E-state index contributed by atoms with van der Waals surface area (Å²) in [5.74, 6) is 0. The molecule has 0 amide bonds. The molecule has 146 valence electrons. The summed E-state index contributed by atoms with van der Waals surface area (Å²) in [5.41, 5.74) is 0. The standard InChI is InChI=1S/CH3FO6S2.2F5P.2Li.2H/c2-1(9(3,4)5)10(6,7)8;2*1-6(2,3,4)5;;;;/h1H,(H,3,4,5)(H,6,7,8);;;;;;/q;;;2*+1;2*-1. The molecule has 0 aliphatic carbocycles. The van der Waals surface area contributed by atoms with E-state index in [4.69, 9.17) is 9.11 Å². The first-order valence-electron chi connectivity index (χ1n) is 3.41. The second-order valence-corrected chi connectivity index (χ2v) is 8.32. The summed E-state index contributed by atoms with van der Waals surface area (Å²) in [6, 6.07) is 0. The molecular formula is CH5F11Li2O6P2S2. The summed E-state index contributed by atoms with van der Waals surface area (Å²) in [5, 5.41) is 0. The molecule has 0 aliphatic rings. The van der Waals surface area contributed by atoms with Crippen molar-refractivity contribution in [1.29, 1.82) is 0 Å². The predicted molar refractivity (Wildman–Crippen MR) is 55.1 cm³/mol. The van der Waals surface area contributed by atoms with E-state index in [0.717, 1.165) is 0 Å². The molecule has 0 aromatic rings. The molecule has 0 spiro atoms. The largest absolute Gasteiger partial charge is 1.00 e. The molecule has 0 bridgehead atoms. The second kappa shape index (κ2) is 9.87. The van der Waals surface area contributed by atoms with Crippen molar-refractivity contribution in [2.24, 2.45) is 0 Å². The van der Waals surface area contributed by atoms with Crippen molar-refractivity contribution >= 4 is 36.6 Å². The molecule has 0 unspecified atom stereocenters. The molecule has 0 heterocycles. The maximum atomic E-state index is 11.7. The summed E-state index contributed by atoms with van der Waals surface area (Å²) < 4.78 is 164. The van der Waals surface area contributed by atoms with Gasteiger partial charge in [-0.3, -0.25) is 9.11 Å². The number of hydrogen-bond donors (Lipinski definition) is 2. The van der Waals surface area contributed by atoms with Gasteiger partial charge in [-0.25, -0.2) is 4.39 Å². The van der Waals surface area contributed by atoms with Gasteiger partial charge in [0.05, 0.1) is 0 Å². The molecule has 0 aliphatic heterocycles. The van der Waals surface area contributed by atoms with E-state index in [0.29, 0.717) is 0 Å². The van der Waals surface area contributed by atoms with E-state index >= 15 is 0 Å². The Bertz CT molecular complexity index is 497. The Morgan fingerprint density at radius 1 is 0.625 bits per heavy atom. The molecule has 2 N–H and O–H groups in total. The van der Waals surface area contributed by atoms with Gasteiger partial charge in [-0.2, -0.15) is 16.8 Å². The van der Waals surface area contributed by atoms with Crippen molar-refractivity contribution < 1.29 is 113 Å². The van der Waals surface area contributed by atoms with Crippen LogP contribution in [0.15, 0.2) is 0 Å². The van der Waals surface area contributed by atoms with E-state index in [1.807, 2.05) is 0 Å². The molecule has 24 heavy (non-hydrogen) atoms. The normalized spacial score (nSPS) is 15.4. The van der Waals surface area contributed by atoms with Gasteiger partial charge < -0.3 is 2.85 Å². The van der Waals surface area contributed by atoms with Crippen LogP contribution in [0.25, 0.3) is 0 Å². The van der Waals surface area contributed by atoms with Crippen LogP contribution in [0.1, 0.15) is 2.85 Å². The van der Waals surface area contributed by atoms with E-state index in [2.05, 4.69) is 0 Å². The van der Waals surface area contributed by atoms with Crippen molar-refractivity contribution in [2.45, 2.75) is 4.84 Å². The minimum Gasteiger partial charge on any atom is -1.00 e. The van der Waals surface area contributed by atoms with Gasteiger partial charge in [0.1, 0.15) is 0 Å². The summed E-state index contributed by atoms with van der Waals surface area (Å²) in [4.78, 5) is -3.68. The van der Waals surface area contributed by atoms with Crippen LogP contribution in [0.2, 0.25) is 0 Å². The Labute approximate surface area is 154 Å².